The average Bonchev–Trinajstić information content (AvgIpc) is 2.89. The highest BCUT2D eigenvalue weighted by atomic mass is 35.5. The number of rotatable bonds is 6. The second kappa shape index (κ2) is 7.64. The fourth-order valence-corrected chi connectivity index (χ4v) is 2.82. The van der Waals surface area contributed by atoms with E-state index < -0.39 is 0 Å². The van der Waals surface area contributed by atoms with Crippen molar-refractivity contribution in [2.24, 2.45) is 5.92 Å². The molecule has 1 aliphatic rings. The lowest BCUT2D eigenvalue weighted by Crippen LogP contribution is -2.26. The largest absolute Gasteiger partial charge is 0.397 e. The van der Waals surface area contributed by atoms with Gasteiger partial charge in [-0.3, -0.25) is 4.79 Å². The number of nitrogens with two attached hydrogens (primary N) is 1. The van der Waals surface area contributed by atoms with Crippen molar-refractivity contribution in [2.45, 2.75) is 19.3 Å². The molecule has 1 aliphatic heterocycles. The molecular weight excluding hydrogens is 290 g/mol. The fourth-order valence-electron chi connectivity index (χ4n) is 2.64. The van der Waals surface area contributed by atoms with Gasteiger partial charge in [0, 0.05) is 31.1 Å². The van der Waals surface area contributed by atoms with Gasteiger partial charge < -0.3 is 21.1 Å². The molecule has 2 rings (SSSR count). The number of likely N-dealkylation sites (tertiary alicyclic amines) is 1. The monoisotopic (exact) mass is 311 g/mol. The zero-order valence-corrected chi connectivity index (χ0v) is 12.8. The number of nitrogens with zero attached hydrogens (tertiary/aromatic N) is 1. The molecule has 1 unspecified atom stereocenters. The van der Waals surface area contributed by atoms with Crippen LogP contribution < -0.4 is 11.1 Å². The number of benzene rings is 1. The maximum Gasteiger partial charge on any atom is 0.225 e. The molecule has 0 aliphatic carbocycles. The van der Waals surface area contributed by atoms with E-state index in [4.69, 9.17) is 22.4 Å². The Morgan fingerprint density at radius 1 is 1.52 bits per heavy atom. The molecular formula is C15H22ClN3O2. The van der Waals surface area contributed by atoms with Crippen LogP contribution in [0.25, 0.3) is 0 Å². The van der Waals surface area contributed by atoms with E-state index >= 15 is 0 Å². The third-order valence-electron chi connectivity index (χ3n) is 3.85. The highest BCUT2D eigenvalue weighted by molar-refractivity contribution is 6.31. The van der Waals surface area contributed by atoms with Crippen molar-refractivity contribution in [3.63, 3.8) is 0 Å². The summed E-state index contributed by atoms with van der Waals surface area (Å²) < 4.78 is 0. The summed E-state index contributed by atoms with van der Waals surface area (Å²) in [5, 5.41) is 12.3. The highest BCUT2D eigenvalue weighted by Gasteiger charge is 2.22. The Morgan fingerprint density at radius 2 is 2.33 bits per heavy atom. The molecule has 1 saturated heterocycles. The van der Waals surface area contributed by atoms with E-state index in [1.54, 1.807) is 18.2 Å². The van der Waals surface area contributed by atoms with Gasteiger partial charge in [0.05, 0.1) is 11.4 Å². The van der Waals surface area contributed by atoms with E-state index in [1.165, 1.54) is 0 Å². The molecule has 0 spiro atoms. The molecule has 6 heteroatoms. The predicted molar refractivity (Wildman–Crippen MR) is 85.4 cm³/mol. The summed E-state index contributed by atoms with van der Waals surface area (Å²) in [6.45, 7) is 2.94. The van der Waals surface area contributed by atoms with E-state index in [9.17, 15) is 4.79 Å². The number of carbonyl (C=O) groups is 1. The quantitative estimate of drug-likeness (QED) is 0.702. The lowest BCUT2D eigenvalue weighted by atomic mass is 10.1. The van der Waals surface area contributed by atoms with Crippen molar-refractivity contribution in [3.05, 3.63) is 23.2 Å². The second-order valence-electron chi connectivity index (χ2n) is 5.50. The summed E-state index contributed by atoms with van der Waals surface area (Å²) in [5.41, 5.74) is 6.87. The lowest BCUT2D eigenvalue weighted by molar-refractivity contribution is -0.116. The minimum atomic E-state index is -0.0606. The molecule has 1 atom stereocenters. The topological polar surface area (TPSA) is 78.6 Å². The third-order valence-corrected chi connectivity index (χ3v) is 4.09. The van der Waals surface area contributed by atoms with Crippen molar-refractivity contribution >= 4 is 28.9 Å². The van der Waals surface area contributed by atoms with Gasteiger partial charge in [0.15, 0.2) is 0 Å². The van der Waals surface area contributed by atoms with Crippen LogP contribution in [-0.2, 0) is 4.79 Å². The molecule has 1 heterocycles. The first-order chi connectivity index (χ1) is 10.1. The van der Waals surface area contributed by atoms with Gasteiger partial charge in [-0.15, -0.1) is 0 Å². The van der Waals surface area contributed by atoms with Crippen LogP contribution in [0.1, 0.15) is 19.3 Å². The fraction of sp³-hybridized carbons (Fsp3) is 0.533. The van der Waals surface area contributed by atoms with Gasteiger partial charge in [0.2, 0.25) is 5.91 Å². The molecule has 0 bridgehead atoms. The summed E-state index contributed by atoms with van der Waals surface area (Å²) >= 11 is 5.89. The number of nitrogens with one attached hydrogen (secondary N) is 1. The molecule has 0 aromatic heterocycles. The minimum absolute atomic E-state index is 0.0606. The Balaban J connectivity index is 1.76. The Kier molecular flexibility index (Phi) is 5.85. The molecule has 21 heavy (non-hydrogen) atoms. The zero-order valence-electron chi connectivity index (χ0n) is 12.0. The average molecular weight is 312 g/mol. The zero-order chi connectivity index (χ0) is 15.2. The van der Waals surface area contributed by atoms with Crippen LogP contribution in [0.3, 0.4) is 0 Å². The van der Waals surface area contributed by atoms with Gasteiger partial charge in [0.25, 0.3) is 0 Å². The summed E-state index contributed by atoms with van der Waals surface area (Å²) in [6, 6.07) is 5.03. The van der Waals surface area contributed by atoms with Crippen molar-refractivity contribution in [2.75, 3.05) is 37.3 Å². The van der Waals surface area contributed by atoms with Gasteiger partial charge in [-0.1, -0.05) is 11.6 Å². The molecule has 4 N–H and O–H groups in total. The molecule has 116 valence electrons. The van der Waals surface area contributed by atoms with Gasteiger partial charge in [-0.2, -0.15) is 0 Å². The smallest absolute Gasteiger partial charge is 0.225 e. The number of nitrogen functional groups attached to an aromatic ring is 1. The van der Waals surface area contributed by atoms with Gasteiger partial charge >= 0.3 is 0 Å². The van der Waals surface area contributed by atoms with Crippen LogP contribution in [0.2, 0.25) is 5.02 Å². The van der Waals surface area contributed by atoms with Crippen LogP contribution in [0, 0.1) is 5.92 Å². The maximum atomic E-state index is 12.0. The van der Waals surface area contributed by atoms with E-state index in [-0.39, 0.29) is 12.5 Å². The van der Waals surface area contributed by atoms with Gasteiger partial charge in [-0.25, -0.2) is 0 Å². The van der Waals surface area contributed by atoms with E-state index in [1.807, 2.05) is 0 Å². The van der Waals surface area contributed by atoms with E-state index in [0.29, 0.717) is 28.7 Å². The number of hydrogen-bond donors (Lipinski definition) is 3. The van der Waals surface area contributed by atoms with E-state index in [2.05, 4.69) is 10.2 Å². The predicted octanol–water partition coefficient (Wildman–Crippen LogP) is 1.96. The lowest BCUT2D eigenvalue weighted by Gasteiger charge is -2.16. The summed E-state index contributed by atoms with van der Waals surface area (Å²) in [7, 11) is 0. The van der Waals surface area contributed by atoms with Gasteiger partial charge in [-0.05, 0) is 43.5 Å². The SMILES string of the molecule is Nc1ccc(Cl)cc1NC(=O)CCN1CCC(CCO)C1. The minimum Gasteiger partial charge on any atom is -0.397 e. The number of halogens is 1. The molecule has 1 aromatic carbocycles. The van der Waals surface area contributed by atoms with E-state index in [0.717, 1.165) is 32.5 Å². The second-order valence-corrected chi connectivity index (χ2v) is 5.93. The summed E-state index contributed by atoms with van der Waals surface area (Å²) in [5.74, 6) is 0.496. The maximum absolute atomic E-state index is 12.0. The molecule has 0 radical (unpaired) electrons. The molecule has 1 aromatic rings. The van der Waals surface area contributed by atoms with Crippen LogP contribution in [-0.4, -0.2) is 42.2 Å². The highest BCUT2D eigenvalue weighted by Crippen LogP contribution is 2.23. The summed E-state index contributed by atoms with van der Waals surface area (Å²) in [6.07, 6.45) is 2.38. The standard InChI is InChI=1S/C15H22ClN3O2/c16-12-1-2-13(17)14(9-12)18-15(21)4-7-19-6-3-11(10-19)5-8-20/h1-2,9,11,20H,3-8,10,17H2,(H,18,21). The van der Waals surface area contributed by atoms with Crippen LogP contribution in [0.15, 0.2) is 18.2 Å². The Bertz CT molecular complexity index is 496. The van der Waals surface area contributed by atoms with Gasteiger partial charge in [0.1, 0.15) is 0 Å². The third kappa shape index (κ3) is 4.88. The molecule has 1 fully saturated rings. The Labute approximate surface area is 130 Å². The van der Waals surface area contributed by atoms with Crippen molar-refractivity contribution in [3.8, 4) is 0 Å². The first-order valence-corrected chi connectivity index (χ1v) is 7.64. The number of anilines is 2. The number of aliphatic hydroxyl groups is 1. The van der Waals surface area contributed by atoms with Crippen LogP contribution in [0.5, 0.6) is 0 Å². The number of amides is 1. The normalized spacial score (nSPS) is 18.9. The molecule has 1 amide bonds. The molecule has 0 saturated carbocycles. The Morgan fingerprint density at radius 3 is 3.10 bits per heavy atom. The Hall–Kier alpha value is -1.30. The van der Waals surface area contributed by atoms with Crippen LogP contribution in [0.4, 0.5) is 11.4 Å². The van der Waals surface area contributed by atoms with Crippen molar-refractivity contribution in [1.29, 1.82) is 0 Å². The molecule has 5 nitrogen and oxygen atoms in total. The first kappa shape index (κ1) is 16.1. The summed E-state index contributed by atoms with van der Waals surface area (Å²) in [4.78, 5) is 14.2. The van der Waals surface area contributed by atoms with Crippen LogP contribution >= 0.6 is 11.6 Å². The number of carbonyl (C=O) groups excluding carboxylic acids is 1. The van der Waals surface area contributed by atoms with Crippen molar-refractivity contribution < 1.29 is 9.90 Å². The number of aliphatic hydroxyl groups excluding tert-OH is 1. The first-order valence-electron chi connectivity index (χ1n) is 7.26. The number of hydrogen-bond acceptors (Lipinski definition) is 4. The van der Waals surface area contributed by atoms with Crippen molar-refractivity contribution in [1.82, 2.24) is 4.90 Å².